The van der Waals surface area contributed by atoms with Gasteiger partial charge in [0.25, 0.3) is 15.9 Å². The van der Waals surface area contributed by atoms with Gasteiger partial charge in [-0.1, -0.05) is 29.8 Å². The van der Waals surface area contributed by atoms with E-state index in [0.29, 0.717) is 5.69 Å². The van der Waals surface area contributed by atoms with Crippen molar-refractivity contribution in [3.8, 4) is 0 Å². The molecule has 0 saturated heterocycles. The van der Waals surface area contributed by atoms with Gasteiger partial charge < -0.3 is 5.32 Å². The molecule has 28 heavy (non-hydrogen) atoms. The highest BCUT2D eigenvalue weighted by Gasteiger charge is 2.28. The fourth-order valence-electron chi connectivity index (χ4n) is 2.87. The van der Waals surface area contributed by atoms with E-state index in [4.69, 9.17) is 0 Å². The Balaban J connectivity index is 1.95. The lowest BCUT2D eigenvalue weighted by Crippen LogP contribution is -2.30. The fourth-order valence-corrected chi connectivity index (χ4v) is 4.11. The average Bonchev–Trinajstić information content (AvgIpc) is 3.03. The third kappa shape index (κ3) is 3.77. The van der Waals surface area contributed by atoms with Gasteiger partial charge in [0.2, 0.25) is 0 Å². The fraction of sp³-hybridized carbons (Fsp3) is 0.200. The van der Waals surface area contributed by atoms with Gasteiger partial charge in [-0.25, -0.2) is 8.42 Å². The molecule has 0 bridgehead atoms. The summed E-state index contributed by atoms with van der Waals surface area (Å²) >= 11 is 0. The highest BCUT2D eigenvalue weighted by atomic mass is 32.2. The molecule has 0 spiro atoms. The monoisotopic (exact) mass is 398 g/mol. The number of hydrogen-bond acceptors (Lipinski definition) is 4. The summed E-state index contributed by atoms with van der Waals surface area (Å²) in [4.78, 5) is 12.9. The van der Waals surface area contributed by atoms with Crippen LogP contribution in [0.15, 0.2) is 59.6 Å². The standard InChI is InChI=1S/C20H22N4O3S/c1-14-8-10-17(11-9-14)28(26,27)24(4)20-18(13-21-23(20)3)19(25)22-16-7-5-6-15(2)12-16/h5-13H,1-4H3,(H,22,25). The van der Waals surface area contributed by atoms with Crippen LogP contribution in [0.1, 0.15) is 21.5 Å². The summed E-state index contributed by atoms with van der Waals surface area (Å²) in [7, 11) is -0.835. The molecule has 7 nitrogen and oxygen atoms in total. The second-order valence-corrected chi connectivity index (χ2v) is 8.58. The van der Waals surface area contributed by atoms with Crippen LogP contribution in [0.3, 0.4) is 0 Å². The maximum Gasteiger partial charge on any atom is 0.265 e. The summed E-state index contributed by atoms with van der Waals surface area (Å²) < 4.78 is 28.5. The van der Waals surface area contributed by atoms with Gasteiger partial charge in [-0.05, 0) is 43.7 Å². The van der Waals surface area contributed by atoms with Gasteiger partial charge in [0.15, 0.2) is 5.82 Å². The number of nitrogens with one attached hydrogen (secondary N) is 1. The Morgan fingerprint density at radius 1 is 1.07 bits per heavy atom. The normalized spacial score (nSPS) is 11.3. The molecule has 0 aliphatic rings. The van der Waals surface area contributed by atoms with Crippen LogP contribution < -0.4 is 9.62 Å². The summed E-state index contributed by atoms with van der Waals surface area (Å²) in [6.07, 6.45) is 1.36. The van der Waals surface area contributed by atoms with E-state index in [2.05, 4.69) is 10.4 Å². The third-order valence-corrected chi connectivity index (χ3v) is 6.17. The number of hydrogen-bond donors (Lipinski definition) is 1. The van der Waals surface area contributed by atoms with Crippen LogP contribution in [0.2, 0.25) is 0 Å². The molecule has 3 aromatic rings. The Labute approximate surface area is 164 Å². The number of carbonyl (C=O) groups excluding carboxylic acids is 1. The molecule has 0 aliphatic carbocycles. The summed E-state index contributed by atoms with van der Waals surface area (Å²) in [5.74, 6) is -0.245. The number of amides is 1. The number of rotatable bonds is 5. The molecular formula is C20H22N4O3S. The zero-order valence-electron chi connectivity index (χ0n) is 16.2. The molecule has 2 aromatic carbocycles. The van der Waals surface area contributed by atoms with Crippen molar-refractivity contribution in [3.63, 3.8) is 0 Å². The zero-order chi connectivity index (χ0) is 20.5. The van der Waals surface area contributed by atoms with Crippen molar-refractivity contribution in [1.82, 2.24) is 9.78 Å². The molecule has 1 heterocycles. The largest absolute Gasteiger partial charge is 0.322 e. The van der Waals surface area contributed by atoms with Crippen LogP contribution in [0.4, 0.5) is 11.5 Å². The predicted molar refractivity (Wildman–Crippen MR) is 109 cm³/mol. The molecule has 1 amide bonds. The van der Waals surface area contributed by atoms with E-state index in [1.54, 1.807) is 37.4 Å². The van der Waals surface area contributed by atoms with Crippen molar-refractivity contribution in [2.45, 2.75) is 18.7 Å². The van der Waals surface area contributed by atoms with E-state index in [1.165, 1.54) is 17.9 Å². The quantitative estimate of drug-likeness (QED) is 0.716. The smallest absolute Gasteiger partial charge is 0.265 e. The van der Waals surface area contributed by atoms with Crippen molar-refractivity contribution in [3.05, 3.63) is 71.4 Å². The molecule has 0 radical (unpaired) electrons. The van der Waals surface area contributed by atoms with E-state index in [-0.39, 0.29) is 16.3 Å². The Bertz CT molecular complexity index is 1120. The van der Waals surface area contributed by atoms with E-state index in [0.717, 1.165) is 15.4 Å². The number of nitrogens with zero attached hydrogens (tertiary/aromatic N) is 3. The van der Waals surface area contributed by atoms with Crippen LogP contribution in [-0.2, 0) is 17.1 Å². The molecular weight excluding hydrogens is 376 g/mol. The van der Waals surface area contributed by atoms with Crippen molar-refractivity contribution in [2.24, 2.45) is 7.05 Å². The minimum absolute atomic E-state index is 0.145. The van der Waals surface area contributed by atoms with Gasteiger partial charge in [0.05, 0.1) is 11.1 Å². The van der Waals surface area contributed by atoms with Gasteiger partial charge in [-0.15, -0.1) is 0 Å². The maximum atomic E-state index is 13.0. The van der Waals surface area contributed by atoms with Crippen LogP contribution in [0.25, 0.3) is 0 Å². The number of anilines is 2. The summed E-state index contributed by atoms with van der Waals surface area (Å²) in [5, 5.41) is 6.88. The van der Waals surface area contributed by atoms with Crippen molar-refractivity contribution < 1.29 is 13.2 Å². The SMILES string of the molecule is Cc1ccc(S(=O)(=O)N(C)c2c(C(=O)Nc3cccc(C)c3)cnn2C)cc1. The average molecular weight is 398 g/mol. The van der Waals surface area contributed by atoms with Gasteiger partial charge >= 0.3 is 0 Å². The Hall–Kier alpha value is -3.13. The molecule has 1 aromatic heterocycles. The summed E-state index contributed by atoms with van der Waals surface area (Å²) in [5.41, 5.74) is 2.76. The first-order valence-electron chi connectivity index (χ1n) is 8.66. The molecule has 0 fully saturated rings. The first-order valence-corrected chi connectivity index (χ1v) is 10.1. The number of carbonyl (C=O) groups is 1. The lowest BCUT2D eigenvalue weighted by atomic mass is 10.2. The molecule has 146 valence electrons. The first-order chi connectivity index (χ1) is 13.2. The lowest BCUT2D eigenvalue weighted by Gasteiger charge is -2.21. The van der Waals surface area contributed by atoms with Crippen molar-refractivity contribution >= 4 is 27.4 Å². The van der Waals surface area contributed by atoms with Crippen LogP contribution in [0.5, 0.6) is 0 Å². The lowest BCUT2D eigenvalue weighted by molar-refractivity contribution is 0.102. The Morgan fingerprint density at radius 3 is 2.39 bits per heavy atom. The minimum Gasteiger partial charge on any atom is -0.322 e. The van der Waals surface area contributed by atoms with Gasteiger partial charge in [-0.3, -0.25) is 13.8 Å². The van der Waals surface area contributed by atoms with Gasteiger partial charge in [-0.2, -0.15) is 5.10 Å². The first kappa shape index (κ1) is 19.6. The second kappa shape index (κ2) is 7.47. The topological polar surface area (TPSA) is 84.3 Å². The predicted octanol–water partition coefficient (Wildman–Crippen LogP) is 3.11. The molecule has 3 rings (SSSR count). The number of aromatic nitrogens is 2. The van der Waals surface area contributed by atoms with E-state index in [1.807, 2.05) is 32.0 Å². The number of sulfonamides is 1. The molecule has 1 N–H and O–H groups in total. The van der Waals surface area contributed by atoms with E-state index < -0.39 is 15.9 Å². The van der Waals surface area contributed by atoms with Crippen molar-refractivity contribution in [2.75, 3.05) is 16.7 Å². The Kier molecular flexibility index (Phi) is 5.24. The number of aryl methyl sites for hydroxylation is 3. The van der Waals surface area contributed by atoms with Gasteiger partial charge in [0, 0.05) is 19.8 Å². The summed E-state index contributed by atoms with van der Waals surface area (Å²) in [6.45, 7) is 3.81. The van der Waals surface area contributed by atoms with E-state index in [9.17, 15) is 13.2 Å². The Morgan fingerprint density at radius 2 is 1.75 bits per heavy atom. The van der Waals surface area contributed by atoms with Crippen LogP contribution in [-0.4, -0.2) is 31.2 Å². The highest BCUT2D eigenvalue weighted by molar-refractivity contribution is 7.92. The van der Waals surface area contributed by atoms with E-state index >= 15 is 0 Å². The number of benzene rings is 2. The zero-order valence-corrected chi connectivity index (χ0v) is 17.0. The highest BCUT2D eigenvalue weighted by Crippen LogP contribution is 2.26. The minimum atomic E-state index is -3.84. The molecule has 0 aliphatic heterocycles. The maximum absolute atomic E-state index is 13.0. The van der Waals surface area contributed by atoms with Gasteiger partial charge in [0.1, 0.15) is 5.56 Å². The molecule has 0 saturated carbocycles. The molecule has 0 unspecified atom stereocenters. The molecule has 8 heteroatoms. The summed E-state index contributed by atoms with van der Waals surface area (Å²) in [6, 6.07) is 13.9. The molecule has 0 atom stereocenters. The van der Waals surface area contributed by atoms with Crippen molar-refractivity contribution in [1.29, 1.82) is 0 Å². The van der Waals surface area contributed by atoms with Crippen LogP contribution >= 0.6 is 0 Å². The third-order valence-electron chi connectivity index (χ3n) is 4.41. The second-order valence-electron chi connectivity index (χ2n) is 6.61. The van der Waals surface area contributed by atoms with Crippen LogP contribution in [0, 0.1) is 13.8 Å².